The number of rotatable bonds is 4. The molecule has 1 saturated heterocycles. The Balaban J connectivity index is 1.44. The summed E-state index contributed by atoms with van der Waals surface area (Å²) in [7, 11) is -3.58. The highest BCUT2D eigenvalue weighted by Gasteiger charge is 2.35. The first-order valence-corrected chi connectivity index (χ1v) is 11.6. The fourth-order valence-corrected chi connectivity index (χ4v) is 5.96. The molecule has 160 valence electrons. The fraction of sp³-hybridized carbons (Fsp3) is 0.409. The van der Waals surface area contributed by atoms with Gasteiger partial charge in [0.05, 0.1) is 4.90 Å². The van der Waals surface area contributed by atoms with Crippen molar-refractivity contribution in [1.29, 1.82) is 0 Å². The van der Waals surface area contributed by atoms with Crippen molar-refractivity contribution in [2.24, 2.45) is 0 Å². The van der Waals surface area contributed by atoms with E-state index < -0.39 is 16.1 Å². The van der Waals surface area contributed by atoms with E-state index in [1.54, 1.807) is 28.6 Å². The van der Waals surface area contributed by atoms with Crippen molar-refractivity contribution in [1.82, 2.24) is 4.31 Å². The highest BCUT2D eigenvalue weighted by molar-refractivity contribution is 7.89. The van der Waals surface area contributed by atoms with Crippen molar-refractivity contribution in [2.75, 3.05) is 11.9 Å². The maximum absolute atomic E-state index is 13.1. The quantitative estimate of drug-likeness (QED) is 0.803. The predicted molar refractivity (Wildman–Crippen MR) is 113 cm³/mol. The molecule has 0 saturated carbocycles. The van der Waals surface area contributed by atoms with Crippen LogP contribution in [-0.4, -0.2) is 43.4 Å². The van der Waals surface area contributed by atoms with Crippen molar-refractivity contribution in [3.05, 3.63) is 48.5 Å². The summed E-state index contributed by atoms with van der Waals surface area (Å²) in [5.41, 5.74) is 0.501. The normalized spacial score (nSPS) is 24.3. The molecule has 30 heavy (non-hydrogen) atoms. The van der Waals surface area contributed by atoms with Crippen molar-refractivity contribution >= 4 is 21.6 Å². The minimum Gasteiger partial charge on any atom is -0.485 e. The van der Waals surface area contributed by atoms with Crippen LogP contribution in [0.3, 0.4) is 0 Å². The van der Waals surface area contributed by atoms with E-state index in [-0.39, 0.29) is 29.5 Å². The number of amides is 1. The number of fused-ring (bicyclic) bond motifs is 1. The molecule has 0 aromatic heterocycles. The van der Waals surface area contributed by atoms with Gasteiger partial charge in [0.2, 0.25) is 16.1 Å². The second-order valence-electron chi connectivity index (χ2n) is 7.84. The molecule has 1 fully saturated rings. The summed E-state index contributed by atoms with van der Waals surface area (Å²) < 4.78 is 39.1. The molecule has 0 spiro atoms. The van der Waals surface area contributed by atoms with Crippen LogP contribution >= 0.6 is 0 Å². The third kappa shape index (κ3) is 4.02. The topological polar surface area (TPSA) is 84.9 Å². The summed E-state index contributed by atoms with van der Waals surface area (Å²) >= 11 is 0. The molecular weight excluding hydrogens is 404 g/mol. The lowest BCUT2D eigenvalue weighted by atomic mass is 10.0. The Labute approximate surface area is 177 Å². The first-order chi connectivity index (χ1) is 14.4. The number of benzene rings is 2. The standard InChI is InChI=1S/C22H26N2O5S/c1-15-6-5-7-16(2)24(15)30(26,27)18-12-10-17(11-13-18)23-22(25)21-14-28-19-8-3-4-9-20(19)29-21/h3-4,8-13,15-16,21H,5-7,14H2,1-2H3,(H,23,25). The third-order valence-electron chi connectivity index (χ3n) is 5.61. The Kier molecular flexibility index (Phi) is 5.71. The minimum absolute atomic E-state index is 0.0237. The average Bonchev–Trinajstić information content (AvgIpc) is 2.73. The molecule has 0 aliphatic carbocycles. The summed E-state index contributed by atoms with van der Waals surface area (Å²) in [6.45, 7) is 4.01. The Bertz CT molecular complexity index is 1010. The van der Waals surface area contributed by atoms with Gasteiger partial charge >= 0.3 is 0 Å². The van der Waals surface area contributed by atoms with Crippen LogP contribution in [0.25, 0.3) is 0 Å². The van der Waals surface area contributed by atoms with Gasteiger partial charge in [-0.1, -0.05) is 18.6 Å². The van der Waals surface area contributed by atoms with E-state index in [0.29, 0.717) is 17.2 Å². The fourth-order valence-electron chi connectivity index (χ4n) is 4.07. The number of piperidine rings is 1. The zero-order valence-corrected chi connectivity index (χ0v) is 17.9. The van der Waals surface area contributed by atoms with Crippen LogP contribution in [0.4, 0.5) is 5.69 Å². The largest absolute Gasteiger partial charge is 0.485 e. The lowest BCUT2D eigenvalue weighted by Gasteiger charge is -2.37. The SMILES string of the molecule is CC1CCCC(C)N1S(=O)(=O)c1ccc(NC(=O)C2COc3ccccc3O2)cc1. The van der Waals surface area contributed by atoms with Gasteiger partial charge in [-0.05, 0) is 63.1 Å². The lowest BCUT2D eigenvalue weighted by molar-refractivity contribution is -0.125. The number of hydrogen-bond donors (Lipinski definition) is 1. The van der Waals surface area contributed by atoms with Crippen LogP contribution in [0.2, 0.25) is 0 Å². The van der Waals surface area contributed by atoms with Gasteiger partial charge in [-0.3, -0.25) is 4.79 Å². The lowest BCUT2D eigenvalue weighted by Crippen LogP contribution is -2.47. The van der Waals surface area contributed by atoms with Gasteiger partial charge in [-0.25, -0.2) is 8.42 Å². The Morgan fingerprint density at radius 1 is 1.00 bits per heavy atom. The molecule has 2 aromatic rings. The Morgan fingerprint density at radius 2 is 1.63 bits per heavy atom. The van der Waals surface area contributed by atoms with Crippen LogP contribution in [0.1, 0.15) is 33.1 Å². The van der Waals surface area contributed by atoms with Crippen LogP contribution in [0.5, 0.6) is 11.5 Å². The number of carbonyl (C=O) groups excluding carboxylic acids is 1. The molecule has 2 aromatic carbocycles. The smallest absolute Gasteiger partial charge is 0.269 e. The van der Waals surface area contributed by atoms with Gasteiger partial charge in [-0.15, -0.1) is 0 Å². The predicted octanol–water partition coefficient (Wildman–Crippen LogP) is 3.42. The summed E-state index contributed by atoms with van der Waals surface area (Å²) in [5.74, 6) is 0.783. The number of para-hydroxylation sites is 2. The highest BCUT2D eigenvalue weighted by atomic mass is 32.2. The van der Waals surface area contributed by atoms with Gasteiger partial charge in [0, 0.05) is 17.8 Å². The summed E-state index contributed by atoms with van der Waals surface area (Å²) in [5, 5.41) is 2.77. The van der Waals surface area contributed by atoms with E-state index in [2.05, 4.69) is 5.32 Å². The molecular formula is C22H26N2O5S. The van der Waals surface area contributed by atoms with E-state index in [9.17, 15) is 13.2 Å². The number of anilines is 1. The molecule has 4 rings (SSSR count). The third-order valence-corrected chi connectivity index (χ3v) is 7.75. The van der Waals surface area contributed by atoms with E-state index >= 15 is 0 Å². The number of sulfonamides is 1. The second kappa shape index (κ2) is 8.28. The number of nitrogens with one attached hydrogen (secondary N) is 1. The maximum atomic E-state index is 13.1. The van der Waals surface area contributed by atoms with Gasteiger partial charge in [0.15, 0.2) is 11.5 Å². The molecule has 0 bridgehead atoms. The average molecular weight is 431 g/mol. The first kappa shape index (κ1) is 20.7. The number of carbonyl (C=O) groups is 1. The zero-order valence-electron chi connectivity index (χ0n) is 17.1. The molecule has 2 aliphatic rings. The Morgan fingerprint density at radius 3 is 2.30 bits per heavy atom. The molecule has 3 atom stereocenters. The summed E-state index contributed by atoms with van der Waals surface area (Å²) in [6.07, 6.45) is 1.99. The maximum Gasteiger partial charge on any atom is 0.269 e. The van der Waals surface area contributed by atoms with E-state index in [0.717, 1.165) is 19.3 Å². The molecule has 1 amide bonds. The van der Waals surface area contributed by atoms with Crippen LogP contribution < -0.4 is 14.8 Å². The number of nitrogens with zero attached hydrogens (tertiary/aromatic N) is 1. The van der Waals surface area contributed by atoms with E-state index in [1.165, 1.54) is 12.1 Å². The van der Waals surface area contributed by atoms with Gasteiger partial charge < -0.3 is 14.8 Å². The molecule has 8 heteroatoms. The van der Waals surface area contributed by atoms with Crippen LogP contribution in [-0.2, 0) is 14.8 Å². The van der Waals surface area contributed by atoms with Crippen molar-refractivity contribution < 1.29 is 22.7 Å². The second-order valence-corrected chi connectivity index (χ2v) is 9.68. The number of hydrogen-bond acceptors (Lipinski definition) is 5. The zero-order chi connectivity index (χ0) is 21.3. The van der Waals surface area contributed by atoms with Crippen molar-refractivity contribution in [2.45, 2.75) is 56.2 Å². The van der Waals surface area contributed by atoms with Gasteiger partial charge in [-0.2, -0.15) is 4.31 Å². The van der Waals surface area contributed by atoms with Gasteiger partial charge in [0.25, 0.3) is 5.91 Å². The van der Waals surface area contributed by atoms with Crippen molar-refractivity contribution in [3.63, 3.8) is 0 Å². The molecule has 2 heterocycles. The molecule has 2 aliphatic heterocycles. The molecule has 1 N–H and O–H groups in total. The van der Waals surface area contributed by atoms with Crippen molar-refractivity contribution in [3.8, 4) is 11.5 Å². The highest BCUT2D eigenvalue weighted by Crippen LogP contribution is 2.32. The summed E-state index contributed by atoms with van der Waals surface area (Å²) in [6, 6.07) is 13.4. The Hall–Kier alpha value is -2.58. The minimum atomic E-state index is -3.58. The van der Waals surface area contributed by atoms with Crippen LogP contribution in [0.15, 0.2) is 53.4 Å². The van der Waals surface area contributed by atoms with Crippen LogP contribution in [0, 0.1) is 0 Å². The van der Waals surface area contributed by atoms with E-state index in [4.69, 9.17) is 9.47 Å². The van der Waals surface area contributed by atoms with E-state index in [1.807, 2.05) is 26.0 Å². The molecule has 3 unspecified atom stereocenters. The van der Waals surface area contributed by atoms with Gasteiger partial charge in [0.1, 0.15) is 6.61 Å². The number of ether oxygens (including phenoxy) is 2. The molecule has 7 nitrogen and oxygen atoms in total. The summed E-state index contributed by atoms with van der Waals surface area (Å²) in [4.78, 5) is 12.8. The molecule has 0 radical (unpaired) electrons. The monoisotopic (exact) mass is 430 g/mol. The first-order valence-electron chi connectivity index (χ1n) is 10.2.